The highest BCUT2D eigenvalue weighted by molar-refractivity contribution is 5.85. The Hall–Kier alpha value is -3.37. The zero-order valence-corrected chi connectivity index (χ0v) is 16.3. The second-order valence-electron chi connectivity index (χ2n) is 7.07. The molecule has 0 spiro atoms. The predicted molar refractivity (Wildman–Crippen MR) is 116 cm³/mol. The maximum atomic E-state index is 13.1. The highest BCUT2D eigenvalue weighted by Crippen LogP contribution is 2.29. The average Bonchev–Trinajstić information content (AvgIpc) is 2.76. The molecule has 3 aromatic carbocycles. The molecule has 0 radical (unpaired) electrons. The van der Waals surface area contributed by atoms with Crippen molar-refractivity contribution in [2.45, 2.75) is 20.0 Å². The van der Waals surface area contributed by atoms with Gasteiger partial charge in [-0.15, -0.1) is 0 Å². The number of nitrogens with zero attached hydrogens (tertiary/aromatic N) is 1. The van der Waals surface area contributed by atoms with Crippen LogP contribution in [0.3, 0.4) is 0 Å². The van der Waals surface area contributed by atoms with Crippen LogP contribution < -0.4 is 5.43 Å². The second kappa shape index (κ2) is 8.33. The first-order valence-corrected chi connectivity index (χ1v) is 9.75. The Kier molecular flexibility index (Phi) is 5.45. The Labute approximate surface area is 169 Å². The van der Waals surface area contributed by atoms with E-state index in [9.17, 15) is 9.90 Å². The third kappa shape index (κ3) is 3.93. The molecular weight excluding hydrogens is 362 g/mol. The standard InChI is InChI=1S/C25H23NO3/c1-2-26(15-18-9-5-3-6-10-18)16-21-23(27)14-13-20-24(28)22(17-29-25(20)21)19-11-7-4-8-12-19/h3-14,17,27H,2,15-16H2,1H3. The highest BCUT2D eigenvalue weighted by atomic mass is 16.3. The summed E-state index contributed by atoms with van der Waals surface area (Å²) in [5, 5.41) is 11.0. The van der Waals surface area contributed by atoms with Gasteiger partial charge in [-0.1, -0.05) is 67.6 Å². The summed E-state index contributed by atoms with van der Waals surface area (Å²) in [7, 11) is 0. The Morgan fingerprint density at radius 1 is 0.897 bits per heavy atom. The van der Waals surface area contributed by atoms with Gasteiger partial charge in [0.2, 0.25) is 5.43 Å². The van der Waals surface area contributed by atoms with Gasteiger partial charge in [-0.2, -0.15) is 0 Å². The molecule has 4 heteroatoms. The lowest BCUT2D eigenvalue weighted by atomic mass is 10.0. The van der Waals surface area contributed by atoms with Gasteiger partial charge in [0.05, 0.1) is 16.5 Å². The third-order valence-electron chi connectivity index (χ3n) is 5.18. The molecule has 0 bridgehead atoms. The Morgan fingerprint density at radius 3 is 2.28 bits per heavy atom. The van der Waals surface area contributed by atoms with E-state index in [1.54, 1.807) is 12.1 Å². The molecule has 4 aromatic rings. The van der Waals surface area contributed by atoms with Gasteiger partial charge in [0, 0.05) is 13.1 Å². The van der Waals surface area contributed by atoms with Crippen molar-refractivity contribution in [3.05, 3.63) is 100 Å². The van der Waals surface area contributed by atoms with Gasteiger partial charge in [-0.05, 0) is 29.8 Å². The fraction of sp³-hybridized carbons (Fsp3) is 0.160. The molecular formula is C25H23NO3. The minimum absolute atomic E-state index is 0.0928. The monoisotopic (exact) mass is 385 g/mol. The van der Waals surface area contributed by atoms with Gasteiger partial charge in [0.25, 0.3) is 0 Å². The number of phenols is 1. The molecule has 0 unspecified atom stereocenters. The maximum absolute atomic E-state index is 13.1. The summed E-state index contributed by atoms with van der Waals surface area (Å²) in [5.41, 5.74) is 3.52. The lowest BCUT2D eigenvalue weighted by molar-refractivity contribution is 0.267. The first-order chi connectivity index (χ1) is 14.2. The molecule has 0 atom stereocenters. The first kappa shape index (κ1) is 19.0. The van der Waals surface area contributed by atoms with Crippen LogP contribution in [0.1, 0.15) is 18.1 Å². The quantitative estimate of drug-likeness (QED) is 0.496. The lowest BCUT2D eigenvalue weighted by Gasteiger charge is -2.21. The van der Waals surface area contributed by atoms with Crippen LogP contribution in [0.2, 0.25) is 0 Å². The molecule has 146 valence electrons. The summed E-state index contributed by atoms with van der Waals surface area (Å²) in [6.45, 7) is 4.12. The molecule has 0 amide bonds. The van der Waals surface area contributed by atoms with E-state index >= 15 is 0 Å². The van der Waals surface area contributed by atoms with E-state index in [0.29, 0.717) is 28.6 Å². The van der Waals surface area contributed by atoms with E-state index in [0.717, 1.165) is 18.7 Å². The van der Waals surface area contributed by atoms with Crippen molar-refractivity contribution < 1.29 is 9.52 Å². The molecule has 0 aliphatic carbocycles. The fourth-order valence-electron chi connectivity index (χ4n) is 3.56. The normalized spacial score (nSPS) is 11.2. The smallest absolute Gasteiger partial charge is 0.200 e. The Morgan fingerprint density at radius 2 is 1.59 bits per heavy atom. The number of fused-ring (bicyclic) bond motifs is 1. The van der Waals surface area contributed by atoms with Gasteiger partial charge >= 0.3 is 0 Å². The maximum Gasteiger partial charge on any atom is 0.200 e. The summed E-state index contributed by atoms with van der Waals surface area (Å²) in [5.74, 6) is 0.139. The molecule has 0 fully saturated rings. The molecule has 1 aromatic heterocycles. The van der Waals surface area contributed by atoms with Crippen LogP contribution >= 0.6 is 0 Å². The molecule has 4 nitrogen and oxygen atoms in total. The van der Waals surface area contributed by atoms with Gasteiger partial charge in [-0.25, -0.2) is 0 Å². The van der Waals surface area contributed by atoms with Gasteiger partial charge in [0.1, 0.15) is 17.6 Å². The van der Waals surface area contributed by atoms with Crippen molar-refractivity contribution in [2.24, 2.45) is 0 Å². The van der Waals surface area contributed by atoms with E-state index in [2.05, 4.69) is 24.0 Å². The zero-order chi connectivity index (χ0) is 20.2. The third-order valence-corrected chi connectivity index (χ3v) is 5.18. The van der Waals surface area contributed by atoms with Crippen molar-refractivity contribution in [1.29, 1.82) is 0 Å². The highest BCUT2D eigenvalue weighted by Gasteiger charge is 2.17. The summed E-state index contributed by atoms with van der Waals surface area (Å²) >= 11 is 0. The van der Waals surface area contributed by atoms with Gasteiger partial charge in [0.15, 0.2) is 0 Å². The van der Waals surface area contributed by atoms with Crippen molar-refractivity contribution in [3.8, 4) is 16.9 Å². The summed E-state index contributed by atoms with van der Waals surface area (Å²) in [6, 6.07) is 22.9. The van der Waals surface area contributed by atoms with Crippen molar-refractivity contribution >= 4 is 11.0 Å². The molecule has 29 heavy (non-hydrogen) atoms. The van der Waals surface area contributed by atoms with Crippen LogP contribution in [0.5, 0.6) is 5.75 Å². The van der Waals surface area contributed by atoms with E-state index in [1.807, 2.05) is 48.5 Å². The number of aromatic hydroxyl groups is 1. The molecule has 0 saturated carbocycles. The molecule has 0 saturated heterocycles. The fourth-order valence-corrected chi connectivity index (χ4v) is 3.56. The van der Waals surface area contributed by atoms with Crippen LogP contribution in [0.25, 0.3) is 22.1 Å². The van der Waals surface area contributed by atoms with Crippen molar-refractivity contribution in [1.82, 2.24) is 4.90 Å². The number of rotatable bonds is 6. The zero-order valence-electron chi connectivity index (χ0n) is 16.3. The molecule has 0 aliphatic heterocycles. The number of phenolic OH excluding ortho intramolecular Hbond substituents is 1. The van der Waals surface area contributed by atoms with Crippen molar-refractivity contribution in [3.63, 3.8) is 0 Å². The van der Waals surface area contributed by atoms with Crippen LogP contribution in [0.4, 0.5) is 0 Å². The van der Waals surface area contributed by atoms with Gasteiger partial charge in [-0.3, -0.25) is 9.69 Å². The number of benzene rings is 3. The number of hydrogen-bond acceptors (Lipinski definition) is 4. The molecule has 0 aliphatic rings. The van der Waals surface area contributed by atoms with Crippen molar-refractivity contribution in [2.75, 3.05) is 6.54 Å². The topological polar surface area (TPSA) is 53.7 Å². The Balaban J connectivity index is 1.73. The van der Waals surface area contributed by atoms with E-state index in [1.165, 1.54) is 11.8 Å². The van der Waals surface area contributed by atoms with E-state index in [4.69, 9.17) is 4.42 Å². The minimum Gasteiger partial charge on any atom is -0.507 e. The van der Waals surface area contributed by atoms with Crippen LogP contribution in [-0.2, 0) is 13.1 Å². The van der Waals surface area contributed by atoms with Crippen LogP contribution in [0, 0.1) is 0 Å². The number of hydrogen-bond donors (Lipinski definition) is 1. The first-order valence-electron chi connectivity index (χ1n) is 9.75. The minimum atomic E-state index is -0.0928. The molecule has 4 rings (SSSR count). The van der Waals surface area contributed by atoms with Gasteiger partial charge < -0.3 is 9.52 Å². The Bertz CT molecular complexity index is 1170. The summed E-state index contributed by atoms with van der Waals surface area (Å²) in [4.78, 5) is 15.3. The summed E-state index contributed by atoms with van der Waals surface area (Å²) < 4.78 is 5.90. The average molecular weight is 385 g/mol. The largest absolute Gasteiger partial charge is 0.507 e. The summed E-state index contributed by atoms with van der Waals surface area (Å²) in [6.07, 6.45) is 1.50. The van der Waals surface area contributed by atoms with Crippen LogP contribution in [-0.4, -0.2) is 16.6 Å². The van der Waals surface area contributed by atoms with Crippen LogP contribution in [0.15, 0.2) is 88.3 Å². The lowest BCUT2D eigenvalue weighted by Crippen LogP contribution is -2.22. The second-order valence-corrected chi connectivity index (χ2v) is 7.07. The van der Waals surface area contributed by atoms with E-state index < -0.39 is 0 Å². The molecule has 1 N–H and O–H groups in total. The SMILES string of the molecule is CCN(Cc1ccccc1)Cc1c(O)ccc2c(=O)c(-c3ccccc3)coc12. The van der Waals surface area contributed by atoms with E-state index in [-0.39, 0.29) is 11.2 Å². The molecule has 1 heterocycles. The predicted octanol–water partition coefficient (Wildman–Crippen LogP) is 5.19.